The normalized spacial score (nSPS) is 23.7. The van der Waals surface area contributed by atoms with Crippen molar-refractivity contribution in [1.29, 1.82) is 0 Å². The van der Waals surface area contributed by atoms with E-state index in [0.717, 1.165) is 38.2 Å². The van der Waals surface area contributed by atoms with Gasteiger partial charge in [-0.2, -0.15) is 0 Å². The molecule has 2 heterocycles. The highest BCUT2D eigenvalue weighted by molar-refractivity contribution is 6.42. The van der Waals surface area contributed by atoms with Crippen LogP contribution >= 0.6 is 23.2 Å². The van der Waals surface area contributed by atoms with E-state index in [-0.39, 0.29) is 17.9 Å². The van der Waals surface area contributed by atoms with Crippen LogP contribution < -0.4 is 4.90 Å². The van der Waals surface area contributed by atoms with E-state index in [2.05, 4.69) is 9.80 Å². The molecule has 8 heteroatoms. The second-order valence-electron chi connectivity index (χ2n) is 10.7. The van der Waals surface area contributed by atoms with Crippen LogP contribution in [0.4, 0.5) is 5.69 Å². The maximum atomic E-state index is 13.6. The fourth-order valence-corrected chi connectivity index (χ4v) is 5.92. The highest BCUT2D eigenvalue weighted by Gasteiger charge is 2.44. The molecule has 5 rings (SSSR count). The molecule has 0 N–H and O–H groups in total. The van der Waals surface area contributed by atoms with E-state index in [1.165, 1.54) is 25.7 Å². The molecule has 4 fully saturated rings. The summed E-state index contributed by atoms with van der Waals surface area (Å²) in [5, 5.41) is 1.04. The highest BCUT2D eigenvalue weighted by atomic mass is 35.5. The van der Waals surface area contributed by atoms with E-state index in [0.29, 0.717) is 54.0 Å². The summed E-state index contributed by atoms with van der Waals surface area (Å²) < 4.78 is 0. The molecular weight excluding hydrogens is 471 g/mol. The van der Waals surface area contributed by atoms with Crippen LogP contribution in [0.5, 0.6) is 0 Å². The molecule has 0 unspecified atom stereocenters. The fourth-order valence-electron chi connectivity index (χ4n) is 5.63. The minimum atomic E-state index is -0.385. The monoisotopic (exact) mass is 506 g/mol. The number of hydrogen-bond donors (Lipinski definition) is 0. The number of benzene rings is 1. The highest BCUT2D eigenvalue weighted by Crippen LogP contribution is 2.53. The number of amides is 2. The standard InChI is InChI=1S/C26H36Cl2N4O2/c1-29(19-2-3-19)25(34)23(6-12-30-14-10-26(8-9-26)11-15-30)32-17-16-31(13-7-24(32)33)20-4-5-21(27)22(28)18-20/h4-5,18-19,23H,2-3,6-17H2,1H3/t23-/m0/s1. The van der Waals surface area contributed by atoms with Gasteiger partial charge in [0.05, 0.1) is 10.0 Å². The van der Waals surface area contributed by atoms with Crippen LogP contribution in [0, 0.1) is 5.41 Å². The lowest BCUT2D eigenvalue weighted by Gasteiger charge is -2.36. The Kier molecular flexibility index (Phi) is 7.02. The fraction of sp³-hybridized carbons (Fsp3) is 0.692. The van der Waals surface area contributed by atoms with Gasteiger partial charge in [0, 0.05) is 51.4 Å². The summed E-state index contributed by atoms with van der Waals surface area (Å²) in [6, 6.07) is 5.56. The van der Waals surface area contributed by atoms with E-state index < -0.39 is 0 Å². The van der Waals surface area contributed by atoms with Gasteiger partial charge in [0.15, 0.2) is 0 Å². The number of rotatable bonds is 7. The van der Waals surface area contributed by atoms with Crippen LogP contribution in [0.25, 0.3) is 0 Å². The lowest BCUT2D eigenvalue weighted by atomic mass is 9.93. The average molecular weight is 508 g/mol. The number of hydrogen-bond acceptors (Lipinski definition) is 4. The lowest BCUT2D eigenvalue weighted by molar-refractivity contribution is -0.145. The van der Waals surface area contributed by atoms with Crippen LogP contribution in [0.1, 0.15) is 51.4 Å². The van der Waals surface area contributed by atoms with Crippen molar-refractivity contribution in [3.8, 4) is 0 Å². The molecule has 0 aromatic heterocycles. The minimum Gasteiger partial charge on any atom is -0.369 e. The number of anilines is 1. The molecule has 1 spiro atoms. The Morgan fingerprint density at radius 1 is 1.06 bits per heavy atom. The van der Waals surface area contributed by atoms with Crippen LogP contribution in [0.15, 0.2) is 18.2 Å². The number of nitrogens with zero attached hydrogens (tertiary/aromatic N) is 4. The molecule has 6 nitrogen and oxygen atoms in total. The van der Waals surface area contributed by atoms with E-state index >= 15 is 0 Å². The van der Waals surface area contributed by atoms with E-state index in [4.69, 9.17) is 23.2 Å². The van der Waals surface area contributed by atoms with Gasteiger partial charge in [-0.3, -0.25) is 9.59 Å². The van der Waals surface area contributed by atoms with Gasteiger partial charge in [-0.1, -0.05) is 23.2 Å². The number of halogens is 2. The predicted octanol–water partition coefficient (Wildman–Crippen LogP) is 4.29. The summed E-state index contributed by atoms with van der Waals surface area (Å²) in [6.45, 7) is 4.95. The first-order chi connectivity index (χ1) is 16.3. The molecule has 2 aliphatic carbocycles. The van der Waals surface area contributed by atoms with Crippen LogP contribution in [0.3, 0.4) is 0 Å². The Morgan fingerprint density at radius 2 is 1.79 bits per heavy atom. The van der Waals surface area contributed by atoms with Gasteiger partial charge in [0.25, 0.3) is 0 Å². The van der Waals surface area contributed by atoms with Crippen molar-refractivity contribution in [2.75, 3.05) is 51.2 Å². The van der Waals surface area contributed by atoms with Crippen molar-refractivity contribution in [1.82, 2.24) is 14.7 Å². The van der Waals surface area contributed by atoms with E-state index in [1.54, 1.807) is 6.07 Å². The second-order valence-corrected chi connectivity index (χ2v) is 11.6. The molecule has 1 atom stereocenters. The third kappa shape index (κ3) is 5.34. The van der Waals surface area contributed by atoms with Gasteiger partial charge >= 0.3 is 0 Å². The Balaban J connectivity index is 1.27. The zero-order chi connectivity index (χ0) is 23.9. The quantitative estimate of drug-likeness (QED) is 0.553. The van der Waals surface area contributed by atoms with Crippen molar-refractivity contribution < 1.29 is 9.59 Å². The van der Waals surface area contributed by atoms with Gasteiger partial charge < -0.3 is 19.6 Å². The Labute approximate surface area is 213 Å². The maximum absolute atomic E-state index is 13.6. The van der Waals surface area contributed by atoms with Gasteiger partial charge in [-0.25, -0.2) is 0 Å². The van der Waals surface area contributed by atoms with Crippen molar-refractivity contribution in [2.45, 2.75) is 63.5 Å². The third-order valence-electron chi connectivity index (χ3n) is 8.49. The van der Waals surface area contributed by atoms with Gasteiger partial charge in [-0.15, -0.1) is 0 Å². The number of carbonyl (C=O) groups is 2. The van der Waals surface area contributed by atoms with Crippen LogP contribution in [0.2, 0.25) is 10.0 Å². The molecule has 1 aromatic carbocycles. The van der Waals surface area contributed by atoms with Crippen molar-refractivity contribution in [3.05, 3.63) is 28.2 Å². The summed E-state index contributed by atoms with van der Waals surface area (Å²) in [7, 11) is 1.91. The molecule has 0 radical (unpaired) electrons. The summed E-state index contributed by atoms with van der Waals surface area (Å²) in [4.78, 5) is 35.3. The van der Waals surface area contributed by atoms with Crippen molar-refractivity contribution in [3.63, 3.8) is 0 Å². The first-order valence-electron chi connectivity index (χ1n) is 12.8. The Morgan fingerprint density at radius 3 is 2.44 bits per heavy atom. The number of likely N-dealkylation sites (tertiary alicyclic amines) is 1. The van der Waals surface area contributed by atoms with Gasteiger partial charge in [0.2, 0.25) is 11.8 Å². The largest absolute Gasteiger partial charge is 0.369 e. The molecule has 2 aliphatic heterocycles. The molecule has 4 aliphatic rings. The summed E-state index contributed by atoms with van der Waals surface area (Å²) in [6.07, 6.45) is 8.61. The number of piperidine rings is 1. The van der Waals surface area contributed by atoms with Gasteiger partial charge in [-0.05, 0) is 81.6 Å². The Hall–Kier alpha value is -1.50. The lowest BCUT2D eigenvalue weighted by Crippen LogP contribution is -2.52. The minimum absolute atomic E-state index is 0.0701. The van der Waals surface area contributed by atoms with Crippen LogP contribution in [-0.2, 0) is 9.59 Å². The van der Waals surface area contributed by atoms with Crippen LogP contribution in [-0.4, -0.2) is 84.9 Å². The topological polar surface area (TPSA) is 47.1 Å². The molecule has 0 bridgehead atoms. The predicted molar refractivity (Wildman–Crippen MR) is 137 cm³/mol. The zero-order valence-electron chi connectivity index (χ0n) is 20.1. The Bertz CT molecular complexity index is 923. The molecule has 1 aromatic rings. The molecular formula is C26H36Cl2N4O2. The average Bonchev–Trinajstić information content (AvgIpc) is 3.75. The third-order valence-corrected chi connectivity index (χ3v) is 9.23. The first kappa shape index (κ1) is 24.2. The zero-order valence-corrected chi connectivity index (χ0v) is 21.7. The number of carbonyl (C=O) groups excluding carboxylic acids is 2. The van der Waals surface area contributed by atoms with Crippen molar-refractivity contribution in [2.24, 2.45) is 5.41 Å². The van der Waals surface area contributed by atoms with E-state index in [1.807, 2.05) is 29.0 Å². The molecule has 2 amide bonds. The van der Waals surface area contributed by atoms with Crippen molar-refractivity contribution >= 4 is 40.7 Å². The molecule has 2 saturated heterocycles. The van der Waals surface area contributed by atoms with E-state index in [9.17, 15) is 9.59 Å². The smallest absolute Gasteiger partial charge is 0.245 e. The summed E-state index contributed by atoms with van der Waals surface area (Å²) in [5.74, 6) is 0.176. The summed E-state index contributed by atoms with van der Waals surface area (Å²) >= 11 is 12.3. The molecule has 2 saturated carbocycles. The number of likely N-dealkylation sites (N-methyl/N-ethyl adjacent to an activating group) is 1. The molecule has 186 valence electrons. The second kappa shape index (κ2) is 9.87. The maximum Gasteiger partial charge on any atom is 0.245 e. The first-order valence-corrected chi connectivity index (χ1v) is 13.6. The summed E-state index contributed by atoms with van der Waals surface area (Å²) in [5.41, 5.74) is 1.61. The van der Waals surface area contributed by atoms with Gasteiger partial charge in [0.1, 0.15) is 6.04 Å². The molecule has 34 heavy (non-hydrogen) atoms. The SMILES string of the molecule is CN(C(=O)[C@H](CCN1CCC2(CC1)CC2)N1CCN(c2ccc(Cl)c(Cl)c2)CCC1=O)C1CC1.